The van der Waals surface area contributed by atoms with Crippen LogP contribution in [0.1, 0.15) is 5.56 Å². The van der Waals surface area contributed by atoms with E-state index in [9.17, 15) is 18.0 Å². The summed E-state index contributed by atoms with van der Waals surface area (Å²) in [5.74, 6) is 0.550. The van der Waals surface area contributed by atoms with E-state index in [2.05, 4.69) is 31.0 Å². The van der Waals surface area contributed by atoms with E-state index >= 15 is 0 Å². The summed E-state index contributed by atoms with van der Waals surface area (Å²) in [7, 11) is 0. The molecule has 3 aromatic rings. The second kappa shape index (κ2) is 8.75. The van der Waals surface area contributed by atoms with Gasteiger partial charge in [-0.15, -0.1) is 0 Å². The number of nitrogens with zero attached hydrogens (tertiary/aromatic N) is 5. The quantitative estimate of drug-likeness (QED) is 0.552. The fourth-order valence-corrected chi connectivity index (χ4v) is 3.47. The average Bonchev–Trinajstić information content (AvgIpc) is 2.75. The monoisotopic (exact) mass is 495 g/mol. The molecule has 162 valence electrons. The standard InChI is InChI=1S/C20H17BrF3N5O2/c21-15-9-25-19(26-10-15)28-6-7-31-16(11-28)12-29-18(30)5-4-17(27-29)13-2-1-3-14(8-13)20(22,23)24/h1-5,8-10,16H,6-7,11-12H2/t16-/m0/s1. The average molecular weight is 496 g/mol. The first-order valence-electron chi connectivity index (χ1n) is 9.39. The predicted octanol–water partition coefficient (Wildman–Crippen LogP) is 3.39. The molecule has 0 spiro atoms. The van der Waals surface area contributed by atoms with Gasteiger partial charge in [-0.2, -0.15) is 18.3 Å². The lowest BCUT2D eigenvalue weighted by Gasteiger charge is -2.32. The van der Waals surface area contributed by atoms with Gasteiger partial charge in [-0.05, 0) is 34.1 Å². The van der Waals surface area contributed by atoms with Crippen molar-refractivity contribution in [3.8, 4) is 11.3 Å². The summed E-state index contributed by atoms with van der Waals surface area (Å²) in [5.41, 5.74) is -0.589. The third kappa shape index (κ3) is 5.10. The van der Waals surface area contributed by atoms with Crippen LogP contribution in [0.5, 0.6) is 0 Å². The highest BCUT2D eigenvalue weighted by molar-refractivity contribution is 9.10. The lowest BCUT2D eigenvalue weighted by atomic mass is 10.1. The number of benzene rings is 1. The van der Waals surface area contributed by atoms with Gasteiger partial charge in [-0.25, -0.2) is 14.6 Å². The Morgan fingerprint density at radius 1 is 1.16 bits per heavy atom. The molecule has 1 fully saturated rings. The minimum absolute atomic E-state index is 0.151. The zero-order valence-electron chi connectivity index (χ0n) is 16.1. The van der Waals surface area contributed by atoms with E-state index in [0.717, 1.165) is 16.6 Å². The Morgan fingerprint density at radius 3 is 2.68 bits per heavy atom. The molecule has 1 saturated heterocycles. The fourth-order valence-electron chi connectivity index (χ4n) is 3.26. The number of aromatic nitrogens is 4. The van der Waals surface area contributed by atoms with Crippen molar-refractivity contribution in [1.82, 2.24) is 19.7 Å². The van der Waals surface area contributed by atoms with Crippen molar-refractivity contribution >= 4 is 21.9 Å². The first-order valence-corrected chi connectivity index (χ1v) is 10.2. The highest BCUT2D eigenvalue weighted by Gasteiger charge is 2.30. The van der Waals surface area contributed by atoms with Crippen molar-refractivity contribution in [2.75, 3.05) is 24.6 Å². The van der Waals surface area contributed by atoms with Crippen LogP contribution >= 0.6 is 15.9 Å². The van der Waals surface area contributed by atoms with Gasteiger partial charge < -0.3 is 9.64 Å². The largest absolute Gasteiger partial charge is 0.416 e. The molecule has 11 heteroatoms. The van der Waals surface area contributed by atoms with Crippen molar-refractivity contribution in [3.63, 3.8) is 0 Å². The molecule has 3 heterocycles. The van der Waals surface area contributed by atoms with Crippen molar-refractivity contribution in [3.05, 3.63) is 69.2 Å². The number of rotatable bonds is 4. The number of hydrogen-bond acceptors (Lipinski definition) is 6. The van der Waals surface area contributed by atoms with Crippen LogP contribution in [-0.4, -0.2) is 45.5 Å². The summed E-state index contributed by atoms with van der Waals surface area (Å²) < 4.78 is 46.8. The van der Waals surface area contributed by atoms with Gasteiger partial charge in [0.1, 0.15) is 0 Å². The number of anilines is 1. The minimum atomic E-state index is -4.46. The molecule has 1 aromatic carbocycles. The van der Waals surface area contributed by atoms with E-state index in [1.54, 1.807) is 12.4 Å². The molecule has 1 aliphatic rings. The molecule has 0 radical (unpaired) electrons. The Hall–Kier alpha value is -2.79. The third-order valence-electron chi connectivity index (χ3n) is 4.76. The fraction of sp³-hybridized carbons (Fsp3) is 0.300. The molecule has 0 amide bonds. The molecule has 1 atom stereocenters. The third-order valence-corrected chi connectivity index (χ3v) is 5.17. The van der Waals surface area contributed by atoms with E-state index in [1.165, 1.54) is 28.9 Å². The number of alkyl halides is 3. The number of hydrogen-bond donors (Lipinski definition) is 0. The number of ether oxygens (including phenoxy) is 1. The van der Waals surface area contributed by atoms with E-state index < -0.39 is 11.7 Å². The van der Waals surface area contributed by atoms with Crippen molar-refractivity contribution in [1.29, 1.82) is 0 Å². The highest BCUT2D eigenvalue weighted by Crippen LogP contribution is 2.31. The van der Waals surface area contributed by atoms with Gasteiger partial charge in [-0.1, -0.05) is 12.1 Å². The topological polar surface area (TPSA) is 73.1 Å². The minimum Gasteiger partial charge on any atom is -0.373 e. The van der Waals surface area contributed by atoms with Gasteiger partial charge in [0.2, 0.25) is 5.95 Å². The van der Waals surface area contributed by atoms with Gasteiger partial charge in [0.05, 0.1) is 35.0 Å². The van der Waals surface area contributed by atoms with Crippen molar-refractivity contribution in [2.24, 2.45) is 0 Å². The van der Waals surface area contributed by atoms with E-state index in [0.29, 0.717) is 25.6 Å². The van der Waals surface area contributed by atoms with Crippen LogP contribution < -0.4 is 10.5 Å². The second-order valence-corrected chi connectivity index (χ2v) is 7.87. The molecule has 0 bridgehead atoms. The Bertz CT molecular complexity index is 1120. The Labute approximate surface area is 183 Å². The Balaban J connectivity index is 1.54. The molecule has 2 aromatic heterocycles. The summed E-state index contributed by atoms with van der Waals surface area (Å²) in [6.45, 7) is 1.62. The lowest BCUT2D eigenvalue weighted by Crippen LogP contribution is -2.46. The SMILES string of the molecule is O=c1ccc(-c2cccc(C(F)(F)F)c2)nn1C[C@@H]1CN(c2ncc(Br)cn2)CCO1. The maximum absolute atomic E-state index is 13.0. The summed E-state index contributed by atoms with van der Waals surface area (Å²) in [6.07, 6.45) is -1.52. The molecule has 0 unspecified atom stereocenters. The number of morpholine rings is 1. The van der Waals surface area contributed by atoms with Crippen LogP contribution in [0.2, 0.25) is 0 Å². The van der Waals surface area contributed by atoms with E-state index in [4.69, 9.17) is 4.74 Å². The molecular formula is C20H17BrF3N5O2. The highest BCUT2D eigenvalue weighted by atomic mass is 79.9. The molecule has 31 heavy (non-hydrogen) atoms. The number of halogens is 4. The van der Waals surface area contributed by atoms with Gasteiger partial charge in [-0.3, -0.25) is 4.79 Å². The van der Waals surface area contributed by atoms with Crippen LogP contribution in [0.3, 0.4) is 0 Å². The van der Waals surface area contributed by atoms with Crippen LogP contribution in [0.4, 0.5) is 19.1 Å². The summed E-state index contributed by atoms with van der Waals surface area (Å²) in [4.78, 5) is 22.8. The van der Waals surface area contributed by atoms with Crippen molar-refractivity contribution < 1.29 is 17.9 Å². The van der Waals surface area contributed by atoms with Gasteiger partial charge in [0.25, 0.3) is 5.56 Å². The maximum Gasteiger partial charge on any atom is 0.416 e. The Morgan fingerprint density at radius 2 is 1.94 bits per heavy atom. The molecule has 0 N–H and O–H groups in total. The van der Waals surface area contributed by atoms with E-state index in [1.807, 2.05) is 4.90 Å². The molecular weight excluding hydrogens is 479 g/mol. The van der Waals surface area contributed by atoms with Crippen LogP contribution in [0.25, 0.3) is 11.3 Å². The lowest BCUT2D eigenvalue weighted by molar-refractivity contribution is -0.137. The van der Waals surface area contributed by atoms with Gasteiger partial charge >= 0.3 is 6.18 Å². The first kappa shape index (κ1) is 21.4. The molecule has 4 rings (SSSR count). The van der Waals surface area contributed by atoms with Crippen LogP contribution in [0.15, 0.2) is 58.1 Å². The summed E-state index contributed by atoms with van der Waals surface area (Å²) in [6, 6.07) is 7.56. The zero-order chi connectivity index (χ0) is 22.0. The van der Waals surface area contributed by atoms with Gasteiger partial charge in [0.15, 0.2) is 0 Å². The normalized spacial score (nSPS) is 17.0. The second-order valence-electron chi connectivity index (χ2n) is 6.96. The Kier molecular flexibility index (Phi) is 6.05. The summed E-state index contributed by atoms with van der Waals surface area (Å²) >= 11 is 3.30. The van der Waals surface area contributed by atoms with Crippen molar-refractivity contribution in [2.45, 2.75) is 18.8 Å². The molecule has 0 aliphatic carbocycles. The molecule has 0 saturated carbocycles. The molecule has 1 aliphatic heterocycles. The first-order chi connectivity index (χ1) is 14.8. The smallest absolute Gasteiger partial charge is 0.373 e. The zero-order valence-corrected chi connectivity index (χ0v) is 17.7. The van der Waals surface area contributed by atoms with E-state index in [-0.39, 0.29) is 29.5 Å². The van der Waals surface area contributed by atoms with Gasteiger partial charge in [0, 0.05) is 37.1 Å². The predicted molar refractivity (Wildman–Crippen MR) is 111 cm³/mol. The molecule has 7 nitrogen and oxygen atoms in total. The summed E-state index contributed by atoms with van der Waals surface area (Å²) in [5, 5.41) is 4.27. The maximum atomic E-state index is 13.0. The van der Waals surface area contributed by atoms with Crippen LogP contribution in [0, 0.1) is 0 Å². The van der Waals surface area contributed by atoms with Crippen LogP contribution in [-0.2, 0) is 17.5 Å².